The number of rotatable bonds is 9. The summed E-state index contributed by atoms with van der Waals surface area (Å²) in [6.07, 6.45) is 3.71. The van der Waals surface area contributed by atoms with Gasteiger partial charge in [0.2, 0.25) is 5.91 Å². The van der Waals surface area contributed by atoms with Gasteiger partial charge in [-0.05, 0) is 47.7 Å². The van der Waals surface area contributed by atoms with Crippen LogP contribution in [-0.4, -0.2) is 18.4 Å². The average molecular weight is 441 g/mol. The smallest absolute Gasteiger partial charge is 0.251 e. The quantitative estimate of drug-likeness (QED) is 0.443. The first-order valence-corrected chi connectivity index (χ1v) is 11.4. The van der Waals surface area contributed by atoms with Crippen LogP contribution >= 0.6 is 0 Å². The molecule has 4 heteroatoms. The zero-order chi connectivity index (χ0) is 23.6. The Hall–Kier alpha value is -3.66. The Morgan fingerprint density at radius 1 is 0.909 bits per heavy atom. The van der Waals surface area contributed by atoms with E-state index in [9.17, 15) is 9.59 Å². The lowest BCUT2D eigenvalue weighted by molar-refractivity contribution is -0.120. The molecule has 170 valence electrons. The van der Waals surface area contributed by atoms with Crippen molar-refractivity contribution in [2.45, 2.75) is 33.7 Å². The molecule has 0 aliphatic heterocycles. The SMILES string of the molecule is Cc1ccc(CN(C(=O)C=Cc2ccccc2)c2cccc(CC(=O)NCC(C)C)c2)cc1. The molecule has 0 aliphatic carbocycles. The molecule has 0 aliphatic rings. The summed E-state index contributed by atoms with van der Waals surface area (Å²) in [5.74, 6) is 0.279. The summed E-state index contributed by atoms with van der Waals surface area (Å²) in [4.78, 5) is 27.3. The predicted octanol–water partition coefficient (Wildman–Crippen LogP) is 5.56. The van der Waals surface area contributed by atoms with Gasteiger partial charge in [-0.15, -0.1) is 0 Å². The maximum Gasteiger partial charge on any atom is 0.251 e. The van der Waals surface area contributed by atoms with E-state index in [0.717, 1.165) is 22.4 Å². The number of anilines is 1. The maximum atomic E-state index is 13.3. The lowest BCUT2D eigenvalue weighted by Crippen LogP contribution is -2.30. The molecule has 0 saturated carbocycles. The van der Waals surface area contributed by atoms with Crippen LogP contribution in [0.5, 0.6) is 0 Å². The van der Waals surface area contributed by atoms with Crippen molar-refractivity contribution in [1.29, 1.82) is 0 Å². The number of carbonyl (C=O) groups excluding carboxylic acids is 2. The number of hydrogen-bond acceptors (Lipinski definition) is 2. The average Bonchev–Trinajstić information content (AvgIpc) is 2.81. The normalized spacial score (nSPS) is 11.0. The van der Waals surface area contributed by atoms with E-state index in [0.29, 0.717) is 19.0 Å². The molecule has 1 N–H and O–H groups in total. The van der Waals surface area contributed by atoms with Gasteiger partial charge in [-0.25, -0.2) is 0 Å². The van der Waals surface area contributed by atoms with Crippen molar-refractivity contribution in [3.63, 3.8) is 0 Å². The van der Waals surface area contributed by atoms with E-state index in [4.69, 9.17) is 0 Å². The Bertz CT molecular complexity index is 1090. The number of carbonyl (C=O) groups is 2. The Morgan fingerprint density at radius 2 is 1.64 bits per heavy atom. The highest BCUT2D eigenvalue weighted by Gasteiger charge is 2.15. The minimum Gasteiger partial charge on any atom is -0.356 e. The van der Waals surface area contributed by atoms with Crippen LogP contribution in [0.3, 0.4) is 0 Å². The first-order valence-electron chi connectivity index (χ1n) is 11.4. The molecule has 0 unspecified atom stereocenters. The van der Waals surface area contributed by atoms with Gasteiger partial charge in [0.1, 0.15) is 0 Å². The summed E-state index contributed by atoms with van der Waals surface area (Å²) in [6.45, 7) is 7.28. The molecule has 3 aromatic carbocycles. The second kappa shape index (κ2) is 11.8. The van der Waals surface area contributed by atoms with Gasteiger partial charge in [0.15, 0.2) is 0 Å². The van der Waals surface area contributed by atoms with E-state index in [1.54, 1.807) is 11.0 Å². The monoisotopic (exact) mass is 440 g/mol. The highest BCUT2D eigenvalue weighted by atomic mass is 16.2. The van der Waals surface area contributed by atoms with E-state index in [1.807, 2.05) is 91.9 Å². The first kappa shape index (κ1) is 24.0. The summed E-state index contributed by atoms with van der Waals surface area (Å²) in [5, 5.41) is 2.95. The van der Waals surface area contributed by atoms with Crippen LogP contribution in [0, 0.1) is 12.8 Å². The second-order valence-electron chi connectivity index (χ2n) is 8.70. The molecule has 0 saturated heterocycles. The number of nitrogens with one attached hydrogen (secondary N) is 1. The molecule has 4 nitrogen and oxygen atoms in total. The van der Waals surface area contributed by atoms with Crippen molar-refractivity contribution in [3.05, 3.63) is 107 Å². The van der Waals surface area contributed by atoms with Crippen LogP contribution in [-0.2, 0) is 22.6 Å². The van der Waals surface area contributed by atoms with E-state index >= 15 is 0 Å². The van der Waals surface area contributed by atoms with Gasteiger partial charge in [-0.3, -0.25) is 9.59 Å². The standard InChI is InChI=1S/C29H32N2O2/c1-22(2)20-30-28(32)19-26-10-7-11-27(18-26)31(21-25-14-12-23(3)13-15-25)29(33)17-16-24-8-5-4-6-9-24/h4-18,22H,19-21H2,1-3H3,(H,30,32). The molecule has 3 rings (SSSR count). The van der Waals surface area contributed by atoms with Crippen LogP contribution in [0.2, 0.25) is 0 Å². The Morgan fingerprint density at radius 3 is 2.33 bits per heavy atom. The predicted molar refractivity (Wildman–Crippen MR) is 136 cm³/mol. The van der Waals surface area contributed by atoms with Crippen LogP contribution in [0.15, 0.2) is 84.9 Å². The van der Waals surface area contributed by atoms with Gasteiger partial charge >= 0.3 is 0 Å². The largest absolute Gasteiger partial charge is 0.356 e. The van der Waals surface area contributed by atoms with Crippen LogP contribution in [0.25, 0.3) is 6.08 Å². The number of nitrogens with zero attached hydrogens (tertiary/aromatic N) is 1. The molecule has 2 amide bonds. The minimum absolute atomic E-state index is 0.0127. The van der Waals surface area contributed by atoms with Gasteiger partial charge in [0, 0.05) is 18.3 Å². The lowest BCUT2D eigenvalue weighted by atomic mass is 10.1. The Kier molecular flexibility index (Phi) is 8.59. The van der Waals surface area contributed by atoms with Crippen LogP contribution in [0.1, 0.15) is 36.1 Å². The summed E-state index contributed by atoms with van der Waals surface area (Å²) >= 11 is 0. The molecule has 0 heterocycles. The third-order valence-corrected chi connectivity index (χ3v) is 5.24. The third-order valence-electron chi connectivity index (χ3n) is 5.24. The number of amides is 2. The van der Waals surface area contributed by atoms with Gasteiger partial charge in [-0.2, -0.15) is 0 Å². The molecule has 0 radical (unpaired) electrons. The molecule has 0 spiro atoms. The van der Waals surface area contributed by atoms with Crippen molar-refractivity contribution in [3.8, 4) is 0 Å². The summed E-state index contributed by atoms with van der Waals surface area (Å²) in [7, 11) is 0. The lowest BCUT2D eigenvalue weighted by Gasteiger charge is -2.22. The Labute approximate surface area is 197 Å². The fourth-order valence-corrected chi connectivity index (χ4v) is 3.39. The highest BCUT2D eigenvalue weighted by molar-refractivity contribution is 6.03. The van der Waals surface area contributed by atoms with E-state index in [-0.39, 0.29) is 18.2 Å². The molecule has 0 aromatic heterocycles. The van der Waals surface area contributed by atoms with Gasteiger partial charge in [0.25, 0.3) is 5.91 Å². The van der Waals surface area contributed by atoms with E-state index < -0.39 is 0 Å². The third kappa shape index (κ3) is 7.76. The number of benzene rings is 3. The topological polar surface area (TPSA) is 49.4 Å². The van der Waals surface area contributed by atoms with Gasteiger partial charge < -0.3 is 10.2 Å². The van der Waals surface area contributed by atoms with Crippen molar-refractivity contribution < 1.29 is 9.59 Å². The second-order valence-corrected chi connectivity index (χ2v) is 8.70. The summed E-state index contributed by atoms with van der Waals surface area (Å²) in [6, 6.07) is 25.6. The van der Waals surface area contributed by atoms with Crippen molar-refractivity contribution in [2.24, 2.45) is 5.92 Å². The molecule has 0 fully saturated rings. The van der Waals surface area contributed by atoms with Gasteiger partial charge in [0.05, 0.1) is 13.0 Å². The molecule has 0 bridgehead atoms. The van der Waals surface area contributed by atoms with Gasteiger partial charge in [-0.1, -0.05) is 86.1 Å². The maximum absolute atomic E-state index is 13.3. The molecular formula is C29H32N2O2. The summed E-state index contributed by atoms with van der Waals surface area (Å²) < 4.78 is 0. The van der Waals surface area contributed by atoms with Crippen LogP contribution < -0.4 is 10.2 Å². The zero-order valence-electron chi connectivity index (χ0n) is 19.6. The Balaban J connectivity index is 1.83. The molecule has 0 atom stereocenters. The fourth-order valence-electron chi connectivity index (χ4n) is 3.39. The highest BCUT2D eigenvalue weighted by Crippen LogP contribution is 2.21. The number of aryl methyl sites for hydroxylation is 1. The molecular weight excluding hydrogens is 408 g/mol. The van der Waals surface area contributed by atoms with Crippen molar-refractivity contribution in [2.75, 3.05) is 11.4 Å². The fraction of sp³-hybridized carbons (Fsp3) is 0.241. The number of hydrogen-bond donors (Lipinski definition) is 1. The first-order chi connectivity index (χ1) is 15.9. The zero-order valence-corrected chi connectivity index (χ0v) is 19.6. The van der Waals surface area contributed by atoms with Crippen molar-refractivity contribution >= 4 is 23.6 Å². The van der Waals surface area contributed by atoms with E-state index in [1.165, 1.54) is 5.56 Å². The minimum atomic E-state index is -0.110. The summed E-state index contributed by atoms with van der Waals surface area (Å²) in [5.41, 5.74) is 4.84. The van der Waals surface area contributed by atoms with E-state index in [2.05, 4.69) is 19.2 Å². The van der Waals surface area contributed by atoms with Crippen molar-refractivity contribution in [1.82, 2.24) is 5.32 Å². The molecule has 33 heavy (non-hydrogen) atoms. The molecule has 3 aromatic rings. The van der Waals surface area contributed by atoms with Crippen LogP contribution in [0.4, 0.5) is 5.69 Å².